The first-order valence-corrected chi connectivity index (χ1v) is 3.86. The van der Waals surface area contributed by atoms with Gasteiger partial charge < -0.3 is 15.6 Å². The van der Waals surface area contributed by atoms with Crippen LogP contribution in [0.25, 0.3) is 0 Å². The predicted octanol–water partition coefficient (Wildman–Crippen LogP) is 0.445. The molecule has 0 unspecified atom stereocenters. The summed E-state index contributed by atoms with van der Waals surface area (Å²) < 4.78 is 0. The van der Waals surface area contributed by atoms with Gasteiger partial charge in [-0.25, -0.2) is 0 Å². The lowest BCUT2D eigenvalue weighted by atomic mass is 10.1. The van der Waals surface area contributed by atoms with Crippen LogP contribution in [0.1, 0.15) is 6.42 Å². The fraction of sp³-hybridized carbons (Fsp3) is 0.625. The van der Waals surface area contributed by atoms with Crippen LogP contribution in [0, 0.1) is 5.41 Å². The van der Waals surface area contributed by atoms with Gasteiger partial charge in [-0.1, -0.05) is 0 Å². The summed E-state index contributed by atoms with van der Waals surface area (Å²) in [5.74, 6) is 0. The summed E-state index contributed by atoms with van der Waals surface area (Å²) in [4.78, 5) is 2.25. The topological polar surface area (TPSA) is 39.1 Å². The zero-order chi connectivity index (χ0) is 8.27. The Morgan fingerprint density at radius 3 is 2.91 bits per heavy atom. The van der Waals surface area contributed by atoms with Gasteiger partial charge in [0, 0.05) is 32.0 Å². The van der Waals surface area contributed by atoms with Crippen LogP contribution in [-0.4, -0.2) is 38.3 Å². The normalized spacial score (nSPS) is 20.2. The van der Waals surface area contributed by atoms with Crippen LogP contribution in [0.4, 0.5) is 0 Å². The molecule has 0 aromatic heterocycles. The molecule has 62 valence electrons. The molecule has 0 atom stereocenters. The molecule has 0 bridgehead atoms. The molecule has 1 aliphatic heterocycles. The molecule has 2 N–H and O–H groups in total. The van der Waals surface area contributed by atoms with Crippen LogP contribution in [0.3, 0.4) is 0 Å². The van der Waals surface area contributed by atoms with Crippen molar-refractivity contribution in [2.75, 3.05) is 27.2 Å². The SMILES string of the molecule is CNC1=C(C=N)CCN(C)C1. The first-order valence-electron chi connectivity index (χ1n) is 3.86. The summed E-state index contributed by atoms with van der Waals surface area (Å²) in [6.45, 7) is 2.01. The Labute approximate surface area is 67.6 Å². The average molecular weight is 153 g/mol. The van der Waals surface area contributed by atoms with Crippen molar-refractivity contribution in [3.8, 4) is 0 Å². The predicted molar refractivity (Wildman–Crippen MR) is 47.0 cm³/mol. The van der Waals surface area contributed by atoms with Crippen LogP contribution in [0.15, 0.2) is 11.3 Å². The van der Waals surface area contributed by atoms with E-state index in [0.717, 1.165) is 25.1 Å². The lowest BCUT2D eigenvalue weighted by Gasteiger charge is -2.25. The highest BCUT2D eigenvalue weighted by atomic mass is 15.1. The minimum Gasteiger partial charge on any atom is -0.390 e. The second-order valence-electron chi connectivity index (χ2n) is 2.89. The van der Waals surface area contributed by atoms with Gasteiger partial charge in [-0.3, -0.25) is 0 Å². The first kappa shape index (κ1) is 8.27. The van der Waals surface area contributed by atoms with E-state index < -0.39 is 0 Å². The van der Waals surface area contributed by atoms with Crippen molar-refractivity contribution in [1.82, 2.24) is 10.2 Å². The molecule has 1 aliphatic rings. The van der Waals surface area contributed by atoms with Gasteiger partial charge in [0.1, 0.15) is 0 Å². The summed E-state index contributed by atoms with van der Waals surface area (Å²) in [6.07, 6.45) is 2.45. The third-order valence-corrected chi connectivity index (χ3v) is 2.05. The van der Waals surface area contributed by atoms with E-state index in [1.165, 1.54) is 11.9 Å². The fourth-order valence-electron chi connectivity index (χ4n) is 1.31. The van der Waals surface area contributed by atoms with Crippen molar-refractivity contribution >= 4 is 6.21 Å². The third-order valence-electron chi connectivity index (χ3n) is 2.05. The highest BCUT2D eigenvalue weighted by Crippen LogP contribution is 2.11. The smallest absolute Gasteiger partial charge is 0.0382 e. The van der Waals surface area contributed by atoms with Gasteiger partial charge >= 0.3 is 0 Å². The Kier molecular flexibility index (Phi) is 2.65. The quantitative estimate of drug-likeness (QED) is 0.565. The molecule has 3 nitrogen and oxygen atoms in total. The van der Waals surface area contributed by atoms with E-state index in [1.807, 2.05) is 7.05 Å². The van der Waals surface area contributed by atoms with E-state index in [4.69, 9.17) is 5.41 Å². The largest absolute Gasteiger partial charge is 0.390 e. The van der Waals surface area contributed by atoms with Crippen LogP contribution < -0.4 is 5.32 Å². The van der Waals surface area contributed by atoms with Gasteiger partial charge in [-0.15, -0.1) is 0 Å². The molecule has 3 heteroatoms. The van der Waals surface area contributed by atoms with Gasteiger partial charge in [0.15, 0.2) is 0 Å². The number of nitrogens with one attached hydrogen (secondary N) is 2. The minimum absolute atomic E-state index is 0.946. The Hall–Kier alpha value is -0.830. The molecule has 0 aromatic carbocycles. The summed E-state index contributed by atoms with van der Waals surface area (Å²) >= 11 is 0. The maximum Gasteiger partial charge on any atom is 0.0382 e. The average Bonchev–Trinajstić information content (AvgIpc) is 2.04. The molecule has 0 amide bonds. The van der Waals surface area contributed by atoms with Crippen LogP contribution in [0.2, 0.25) is 0 Å². The Bertz CT molecular complexity index is 184. The summed E-state index contributed by atoms with van der Waals surface area (Å²) in [6, 6.07) is 0. The van der Waals surface area contributed by atoms with E-state index in [-0.39, 0.29) is 0 Å². The van der Waals surface area contributed by atoms with Crippen LogP contribution in [0.5, 0.6) is 0 Å². The second-order valence-corrected chi connectivity index (χ2v) is 2.89. The molecular weight excluding hydrogens is 138 g/mol. The van der Waals surface area contributed by atoms with Gasteiger partial charge in [-0.05, 0) is 19.0 Å². The molecule has 1 heterocycles. The molecular formula is C8H15N3. The summed E-state index contributed by atoms with van der Waals surface area (Å²) in [5.41, 5.74) is 2.33. The van der Waals surface area contributed by atoms with Crippen LogP contribution >= 0.6 is 0 Å². The molecule has 0 radical (unpaired) electrons. The highest BCUT2D eigenvalue weighted by Gasteiger charge is 2.12. The number of hydrogen-bond acceptors (Lipinski definition) is 3. The number of likely N-dealkylation sites (N-methyl/N-ethyl adjacent to an activating group) is 2. The lowest BCUT2D eigenvalue weighted by Crippen LogP contribution is -2.32. The summed E-state index contributed by atoms with van der Waals surface area (Å²) in [7, 11) is 4.01. The van der Waals surface area contributed by atoms with Crippen molar-refractivity contribution in [2.24, 2.45) is 0 Å². The number of nitrogens with zero attached hydrogens (tertiary/aromatic N) is 1. The molecule has 0 aromatic rings. The van der Waals surface area contributed by atoms with Crippen molar-refractivity contribution in [1.29, 1.82) is 5.41 Å². The van der Waals surface area contributed by atoms with Crippen molar-refractivity contribution < 1.29 is 0 Å². The van der Waals surface area contributed by atoms with Crippen molar-refractivity contribution in [2.45, 2.75) is 6.42 Å². The minimum atomic E-state index is 0.946. The Morgan fingerprint density at radius 2 is 2.36 bits per heavy atom. The van der Waals surface area contributed by atoms with E-state index in [0.29, 0.717) is 0 Å². The third kappa shape index (κ3) is 1.80. The van der Waals surface area contributed by atoms with Crippen molar-refractivity contribution in [3.63, 3.8) is 0 Å². The highest BCUT2D eigenvalue weighted by molar-refractivity contribution is 5.77. The van der Waals surface area contributed by atoms with E-state index in [2.05, 4.69) is 17.3 Å². The second kappa shape index (κ2) is 3.53. The van der Waals surface area contributed by atoms with Gasteiger partial charge in [0.2, 0.25) is 0 Å². The molecule has 0 aliphatic carbocycles. The molecule has 0 spiro atoms. The monoisotopic (exact) mass is 153 g/mol. The maximum atomic E-state index is 7.16. The molecule has 0 fully saturated rings. The maximum absolute atomic E-state index is 7.16. The van der Waals surface area contributed by atoms with Crippen LogP contribution in [-0.2, 0) is 0 Å². The van der Waals surface area contributed by atoms with Crippen molar-refractivity contribution in [3.05, 3.63) is 11.3 Å². The van der Waals surface area contributed by atoms with Gasteiger partial charge in [-0.2, -0.15) is 0 Å². The number of hydrogen-bond donors (Lipinski definition) is 2. The molecule has 11 heavy (non-hydrogen) atoms. The Morgan fingerprint density at radius 1 is 1.64 bits per heavy atom. The first-order chi connectivity index (χ1) is 5.27. The van der Waals surface area contributed by atoms with E-state index in [1.54, 1.807) is 0 Å². The van der Waals surface area contributed by atoms with Gasteiger partial charge in [0.25, 0.3) is 0 Å². The zero-order valence-electron chi connectivity index (χ0n) is 7.15. The van der Waals surface area contributed by atoms with E-state index in [9.17, 15) is 0 Å². The van der Waals surface area contributed by atoms with Gasteiger partial charge in [0.05, 0.1) is 0 Å². The molecule has 1 rings (SSSR count). The number of rotatable bonds is 2. The lowest BCUT2D eigenvalue weighted by molar-refractivity contribution is 0.344. The molecule has 0 saturated carbocycles. The summed E-state index contributed by atoms with van der Waals surface area (Å²) in [5, 5.41) is 10.3. The fourth-order valence-corrected chi connectivity index (χ4v) is 1.31. The Balaban J connectivity index is 2.74. The molecule has 0 saturated heterocycles. The zero-order valence-corrected chi connectivity index (χ0v) is 7.15. The standard InChI is InChI=1S/C8H15N3/c1-10-8-6-11(2)4-3-7(8)5-9/h5,9-10H,3-4,6H2,1-2H3. The van der Waals surface area contributed by atoms with E-state index >= 15 is 0 Å².